The molecule has 0 aliphatic heterocycles. The molecule has 0 aliphatic carbocycles. The van der Waals surface area contributed by atoms with Gasteiger partial charge in [-0.3, -0.25) is 4.68 Å². The zero-order valence-electron chi connectivity index (χ0n) is 14.8. The number of benzene rings is 1. The first-order chi connectivity index (χ1) is 12.4. The normalized spacial score (nSPS) is 10.6. The van der Waals surface area contributed by atoms with E-state index in [1.165, 1.54) is 17.3 Å². The lowest BCUT2D eigenvalue weighted by Gasteiger charge is -2.13. The van der Waals surface area contributed by atoms with Gasteiger partial charge in [-0.1, -0.05) is 18.2 Å². The van der Waals surface area contributed by atoms with Gasteiger partial charge in [0.1, 0.15) is 11.4 Å². The van der Waals surface area contributed by atoms with Crippen LogP contribution >= 0.6 is 0 Å². The molecule has 0 radical (unpaired) electrons. The van der Waals surface area contributed by atoms with E-state index >= 15 is 0 Å². The van der Waals surface area contributed by atoms with Crippen molar-refractivity contribution in [2.75, 3.05) is 10.6 Å². The molecule has 0 aliphatic rings. The minimum Gasteiger partial charge on any atom is -0.477 e. The molecule has 8 heteroatoms. The first-order valence-corrected chi connectivity index (χ1v) is 8.09. The molecule has 3 rings (SSSR count). The van der Waals surface area contributed by atoms with Crippen LogP contribution in [0.3, 0.4) is 0 Å². The number of carboxylic acid groups (broad SMARTS) is 1. The van der Waals surface area contributed by atoms with E-state index in [9.17, 15) is 9.90 Å². The van der Waals surface area contributed by atoms with E-state index in [-0.39, 0.29) is 11.4 Å². The maximum Gasteiger partial charge on any atom is 0.341 e. The highest BCUT2D eigenvalue weighted by molar-refractivity contribution is 5.93. The first kappa shape index (κ1) is 17.4. The van der Waals surface area contributed by atoms with E-state index in [1.54, 1.807) is 24.1 Å². The molecule has 134 valence electrons. The molecule has 0 amide bonds. The quantitative estimate of drug-likeness (QED) is 0.626. The van der Waals surface area contributed by atoms with Gasteiger partial charge < -0.3 is 15.7 Å². The Morgan fingerprint density at radius 3 is 2.77 bits per heavy atom. The minimum atomic E-state index is -1.08. The van der Waals surface area contributed by atoms with E-state index in [0.717, 1.165) is 11.3 Å². The molecule has 3 N–H and O–H groups in total. The smallest absolute Gasteiger partial charge is 0.341 e. The molecule has 2 aromatic heterocycles. The van der Waals surface area contributed by atoms with Crippen LogP contribution < -0.4 is 10.6 Å². The van der Waals surface area contributed by atoms with Crippen molar-refractivity contribution in [2.24, 2.45) is 7.05 Å². The third-order valence-electron chi connectivity index (χ3n) is 4.14. The van der Waals surface area contributed by atoms with Gasteiger partial charge in [-0.05, 0) is 30.5 Å². The Morgan fingerprint density at radius 2 is 2.08 bits per heavy atom. The predicted molar refractivity (Wildman–Crippen MR) is 98.7 cm³/mol. The number of hydrogen-bond donors (Lipinski definition) is 3. The van der Waals surface area contributed by atoms with Gasteiger partial charge in [0.15, 0.2) is 0 Å². The van der Waals surface area contributed by atoms with Crippen molar-refractivity contribution in [1.29, 1.82) is 0 Å². The maximum atomic E-state index is 11.5. The topological polar surface area (TPSA) is 105 Å². The summed E-state index contributed by atoms with van der Waals surface area (Å²) in [5.41, 5.74) is 4.17. The number of carbonyl (C=O) groups is 1. The number of hydrogen-bond acceptors (Lipinski definition) is 6. The largest absolute Gasteiger partial charge is 0.477 e. The third kappa shape index (κ3) is 3.80. The van der Waals surface area contributed by atoms with E-state index in [0.29, 0.717) is 12.5 Å². The molecule has 0 atom stereocenters. The number of carboxylic acids is 1. The number of aryl methyl sites for hydroxylation is 2. The highest BCUT2D eigenvalue weighted by atomic mass is 16.4. The van der Waals surface area contributed by atoms with Gasteiger partial charge in [0.25, 0.3) is 0 Å². The summed E-state index contributed by atoms with van der Waals surface area (Å²) in [5, 5.41) is 19.6. The summed E-state index contributed by atoms with van der Waals surface area (Å²) >= 11 is 0. The summed E-state index contributed by atoms with van der Waals surface area (Å²) in [5.74, 6) is -0.521. The van der Waals surface area contributed by atoms with Gasteiger partial charge in [-0.15, -0.1) is 0 Å². The summed E-state index contributed by atoms with van der Waals surface area (Å²) in [6.45, 7) is 4.55. The molecular weight excluding hydrogens is 332 g/mol. The molecule has 0 fully saturated rings. The number of rotatable bonds is 6. The van der Waals surface area contributed by atoms with Crippen molar-refractivity contribution < 1.29 is 9.90 Å². The van der Waals surface area contributed by atoms with E-state index in [4.69, 9.17) is 0 Å². The molecular formula is C18H20N6O2. The number of aromatic carboxylic acids is 1. The second-order valence-corrected chi connectivity index (χ2v) is 6.00. The lowest BCUT2D eigenvalue weighted by molar-refractivity contribution is 0.0697. The highest BCUT2D eigenvalue weighted by Gasteiger charge is 2.14. The minimum absolute atomic E-state index is 0.0204. The zero-order valence-corrected chi connectivity index (χ0v) is 14.8. The number of nitrogens with zero attached hydrogens (tertiary/aromatic N) is 4. The van der Waals surface area contributed by atoms with Crippen molar-refractivity contribution in [3.63, 3.8) is 0 Å². The van der Waals surface area contributed by atoms with Crippen LogP contribution in [0.25, 0.3) is 0 Å². The summed E-state index contributed by atoms with van der Waals surface area (Å²) in [6, 6.07) is 6.03. The number of aromatic nitrogens is 4. The monoisotopic (exact) mass is 352 g/mol. The average Bonchev–Trinajstić information content (AvgIpc) is 3.01. The molecule has 0 saturated heterocycles. The standard InChI is InChI=1S/C18H20N6O2/c1-11-5-4-6-13(12(11)2)7-19-16-15(17(25)26)9-20-18(23-16)22-14-8-21-24(3)10-14/h4-6,8-10H,7H2,1-3H3,(H,25,26)(H2,19,20,22,23). The van der Waals surface area contributed by atoms with Crippen LogP contribution in [0.1, 0.15) is 27.0 Å². The van der Waals surface area contributed by atoms with Crippen molar-refractivity contribution in [2.45, 2.75) is 20.4 Å². The van der Waals surface area contributed by atoms with Crippen LogP contribution in [0.5, 0.6) is 0 Å². The van der Waals surface area contributed by atoms with Crippen LogP contribution in [-0.2, 0) is 13.6 Å². The first-order valence-electron chi connectivity index (χ1n) is 8.09. The van der Waals surface area contributed by atoms with E-state index < -0.39 is 5.97 Å². The van der Waals surface area contributed by atoms with Crippen molar-refractivity contribution in [1.82, 2.24) is 19.7 Å². The molecule has 3 aromatic rings. The van der Waals surface area contributed by atoms with Gasteiger partial charge >= 0.3 is 5.97 Å². The third-order valence-corrected chi connectivity index (χ3v) is 4.14. The average molecular weight is 352 g/mol. The Hall–Kier alpha value is -3.42. The van der Waals surface area contributed by atoms with Crippen LogP contribution in [0.4, 0.5) is 17.5 Å². The summed E-state index contributed by atoms with van der Waals surface area (Å²) in [6.07, 6.45) is 4.70. The Bertz CT molecular complexity index is 951. The Morgan fingerprint density at radius 1 is 1.27 bits per heavy atom. The lowest BCUT2D eigenvalue weighted by Crippen LogP contribution is -2.11. The molecule has 0 saturated carbocycles. The lowest BCUT2D eigenvalue weighted by atomic mass is 10.0. The Balaban J connectivity index is 1.84. The molecule has 2 heterocycles. The maximum absolute atomic E-state index is 11.5. The van der Waals surface area contributed by atoms with Crippen LogP contribution in [0.2, 0.25) is 0 Å². The van der Waals surface area contributed by atoms with Crippen LogP contribution in [0.15, 0.2) is 36.8 Å². The summed E-state index contributed by atoms with van der Waals surface area (Å²) in [7, 11) is 1.80. The molecule has 0 spiro atoms. The molecule has 1 aromatic carbocycles. The fourth-order valence-corrected chi connectivity index (χ4v) is 2.53. The number of nitrogens with one attached hydrogen (secondary N) is 2. The SMILES string of the molecule is Cc1cccc(CNc2nc(Nc3cnn(C)c3)ncc2C(=O)O)c1C. The summed E-state index contributed by atoms with van der Waals surface area (Å²) < 4.78 is 1.65. The Labute approximate surface area is 150 Å². The number of anilines is 3. The summed E-state index contributed by atoms with van der Waals surface area (Å²) in [4.78, 5) is 19.9. The Kier molecular flexibility index (Phi) is 4.83. The second kappa shape index (κ2) is 7.22. The van der Waals surface area contributed by atoms with Crippen molar-refractivity contribution in [3.05, 3.63) is 59.0 Å². The highest BCUT2D eigenvalue weighted by Crippen LogP contribution is 2.19. The van der Waals surface area contributed by atoms with Crippen LogP contribution in [0, 0.1) is 13.8 Å². The van der Waals surface area contributed by atoms with E-state index in [2.05, 4.69) is 25.7 Å². The molecule has 0 bridgehead atoms. The fourth-order valence-electron chi connectivity index (χ4n) is 2.53. The molecule has 8 nitrogen and oxygen atoms in total. The van der Waals surface area contributed by atoms with Gasteiger partial charge in [0, 0.05) is 26.0 Å². The fraction of sp³-hybridized carbons (Fsp3) is 0.222. The molecule has 0 unspecified atom stereocenters. The van der Waals surface area contributed by atoms with Gasteiger partial charge in [-0.2, -0.15) is 10.1 Å². The van der Waals surface area contributed by atoms with Gasteiger partial charge in [0.2, 0.25) is 5.95 Å². The van der Waals surface area contributed by atoms with Crippen molar-refractivity contribution in [3.8, 4) is 0 Å². The van der Waals surface area contributed by atoms with Crippen molar-refractivity contribution >= 4 is 23.4 Å². The second-order valence-electron chi connectivity index (χ2n) is 6.00. The molecule has 26 heavy (non-hydrogen) atoms. The zero-order chi connectivity index (χ0) is 18.7. The van der Waals surface area contributed by atoms with Gasteiger partial charge in [-0.25, -0.2) is 9.78 Å². The predicted octanol–water partition coefficient (Wildman–Crippen LogP) is 2.88. The van der Waals surface area contributed by atoms with Gasteiger partial charge in [0.05, 0.1) is 11.9 Å². The van der Waals surface area contributed by atoms with Crippen LogP contribution in [-0.4, -0.2) is 30.8 Å². The van der Waals surface area contributed by atoms with E-state index in [1.807, 2.05) is 32.0 Å².